The van der Waals surface area contributed by atoms with Crippen molar-refractivity contribution in [1.29, 1.82) is 0 Å². The molecule has 4 aliphatic rings. The van der Waals surface area contributed by atoms with Gasteiger partial charge in [-0.2, -0.15) is 0 Å². The maximum atomic E-state index is 12.7. The fraction of sp³-hybridized carbons (Fsp3) is 0.938. The SMILES string of the molecule is CCOC(=O)C1(NCCOC)C2CC3CC(C2)CC1C3. The molecule has 0 saturated heterocycles. The normalized spacial score (nSPS) is 41.9. The number of methoxy groups -OCH3 is 1. The van der Waals surface area contributed by atoms with Crippen LogP contribution in [0.2, 0.25) is 0 Å². The molecule has 0 aromatic heterocycles. The standard InChI is InChI=1S/C16H27NO3/c1-3-20-15(18)16(17-4-5-19-2)13-7-11-6-12(9-13)10-14(16)8-11/h11-14,17H,3-10H2,1-2H3. The Bertz CT molecular complexity index is 341. The third-order valence-corrected chi connectivity index (χ3v) is 5.76. The summed E-state index contributed by atoms with van der Waals surface area (Å²) < 4.78 is 10.6. The lowest BCUT2D eigenvalue weighted by Gasteiger charge is -2.59. The van der Waals surface area contributed by atoms with Crippen LogP contribution in [0.4, 0.5) is 0 Å². The van der Waals surface area contributed by atoms with Crippen molar-refractivity contribution in [2.45, 2.75) is 44.6 Å². The molecule has 0 amide bonds. The zero-order valence-electron chi connectivity index (χ0n) is 12.7. The van der Waals surface area contributed by atoms with Gasteiger partial charge in [0, 0.05) is 13.7 Å². The number of hydrogen-bond donors (Lipinski definition) is 1. The van der Waals surface area contributed by atoms with Crippen LogP contribution in [0.5, 0.6) is 0 Å². The lowest BCUT2D eigenvalue weighted by molar-refractivity contribution is -0.171. The number of rotatable bonds is 6. The smallest absolute Gasteiger partial charge is 0.326 e. The molecule has 20 heavy (non-hydrogen) atoms. The van der Waals surface area contributed by atoms with Crippen molar-refractivity contribution in [2.24, 2.45) is 23.7 Å². The van der Waals surface area contributed by atoms with E-state index in [0.29, 0.717) is 25.0 Å². The Kier molecular flexibility index (Phi) is 4.04. The van der Waals surface area contributed by atoms with Crippen molar-refractivity contribution in [2.75, 3.05) is 26.9 Å². The van der Waals surface area contributed by atoms with E-state index in [1.165, 1.54) is 32.1 Å². The maximum absolute atomic E-state index is 12.7. The van der Waals surface area contributed by atoms with Gasteiger partial charge >= 0.3 is 5.97 Å². The summed E-state index contributed by atoms with van der Waals surface area (Å²) in [6.07, 6.45) is 6.19. The van der Waals surface area contributed by atoms with Crippen molar-refractivity contribution < 1.29 is 14.3 Å². The molecule has 4 saturated carbocycles. The van der Waals surface area contributed by atoms with Crippen LogP contribution in [-0.4, -0.2) is 38.4 Å². The molecule has 0 aromatic carbocycles. The van der Waals surface area contributed by atoms with Gasteiger partial charge in [0.25, 0.3) is 0 Å². The number of hydrogen-bond acceptors (Lipinski definition) is 4. The molecule has 0 radical (unpaired) electrons. The van der Waals surface area contributed by atoms with E-state index in [1.807, 2.05) is 6.92 Å². The van der Waals surface area contributed by atoms with E-state index in [0.717, 1.165) is 18.4 Å². The monoisotopic (exact) mass is 281 g/mol. The summed E-state index contributed by atoms with van der Waals surface area (Å²) in [6, 6.07) is 0. The summed E-state index contributed by atoms with van der Waals surface area (Å²) in [4.78, 5) is 12.7. The molecule has 0 spiro atoms. The van der Waals surface area contributed by atoms with Crippen molar-refractivity contribution >= 4 is 5.97 Å². The van der Waals surface area contributed by atoms with E-state index >= 15 is 0 Å². The highest BCUT2D eigenvalue weighted by Crippen LogP contribution is 2.58. The quantitative estimate of drug-likeness (QED) is 0.597. The van der Waals surface area contributed by atoms with E-state index < -0.39 is 5.54 Å². The minimum Gasteiger partial charge on any atom is -0.465 e. The minimum atomic E-state index is -0.429. The molecular weight excluding hydrogens is 254 g/mol. The summed E-state index contributed by atoms with van der Waals surface area (Å²) in [5.41, 5.74) is -0.429. The van der Waals surface area contributed by atoms with Gasteiger partial charge in [-0.3, -0.25) is 10.1 Å². The number of carbonyl (C=O) groups excluding carboxylic acids is 1. The molecule has 0 aliphatic heterocycles. The highest BCUT2D eigenvalue weighted by Gasteiger charge is 2.61. The highest BCUT2D eigenvalue weighted by molar-refractivity contribution is 5.82. The Morgan fingerprint density at radius 2 is 1.75 bits per heavy atom. The summed E-state index contributed by atoms with van der Waals surface area (Å²) in [6.45, 7) is 3.75. The number of esters is 1. The molecule has 0 aromatic rings. The fourth-order valence-electron chi connectivity index (χ4n) is 5.23. The Labute approximate surface area is 121 Å². The maximum Gasteiger partial charge on any atom is 0.326 e. The predicted octanol–water partition coefficient (Wildman–Crippen LogP) is 1.98. The fourth-order valence-corrected chi connectivity index (χ4v) is 5.23. The van der Waals surface area contributed by atoms with Crippen LogP contribution in [0, 0.1) is 23.7 Å². The molecule has 4 rings (SSSR count). The second-order valence-corrected chi connectivity index (χ2v) is 6.81. The minimum absolute atomic E-state index is 0.00935. The second-order valence-electron chi connectivity index (χ2n) is 6.81. The number of nitrogens with one attached hydrogen (secondary N) is 1. The molecule has 4 aliphatic carbocycles. The first kappa shape index (κ1) is 14.3. The lowest BCUT2D eigenvalue weighted by Crippen LogP contribution is -2.69. The molecule has 1 N–H and O–H groups in total. The first-order valence-electron chi connectivity index (χ1n) is 8.11. The van der Waals surface area contributed by atoms with Gasteiger partial charge in [0.1, 0.15) is 5.54 Å². The van der Waals surface area contributed by atoms with Crippen molar-refractivity contribution in [3.63, 3.8) is 0 Å². The summed E-state index contributed by atoms with van der Waals surface area (Å²) in [5, 5.41) is 3.56. The second kappa shape index (κ2) is 5.64. The zero-order valence-corrected chi connectivity index (χ0v) is 12.7. The highest BCUT2D eigenvalue weighted by atomic mass is 16.5. The van der Waals surface area contributed by atoms with E-state index in [4.69, 9.17) is 9.47 Å². The summed E-state index contributed by atoms with van der Waals surface area (Å²) in [5.74, 6) is 2.63. The largest absolute Gasteiger partial charge is 0.465 e. The molecule has 0 atom stereocenters. The summed E-state index contributed by atoms with van der Waals surface area (Å²) in [7, 11) is 1.70. The van der Waals surface area contributed by atoms with E-state index in [1.54, 1.807) is 7.11 Å². The number of ether oxygens (including phenoxy) is 2. The zero-order chi connectivity index (χ0) is 14.2. The van der Waals surface area contributed by atoms with E-state index in [2.05, 4.69) is 5.32 Å². The predicted molar refractivity (Wildman–Crippen MR) is 76.3 cm³/mol. The van der Waals surface area contributed by atoms with Crippen LogP contribution in [0.15, 0.2) is 0 Å². The Balaban J connectivity index is 1.83. The Morgan fingerprint density at radius 1 is 1.15 bits per heavy atom. The molecule has 4 nitrogen and oxygen atoms in total. The first-order valence-corrected chi connectivity index (χ1v) is 8.11. The van der Waals surface area contributed by atoms with Crippen molar-refractivity contribution in [3.8, 4) is 0 Å². The topological polar surface area (TPSA) is 47.6 Å². The number of carbonyl (C=O) groups is 1. The van der Waals surface area contributed by atoms with Gasteiger partial charge in [0.15, 0.2) is 0 Å². The van der Waals surface area contributed by atoms with Crippen LogP contribution >= 0.6 is 0 Å². The molecular formula is C16H27NO3. The van der Waals surface area contributed by atoms with E-state index in [-0.39, 0.29) is 5.97 Å². The summed E-state index contributed by atoms with van der Waals surface area (Å²) >= 11 is 0. The Hall–Kier alpha value is -0.610. The van der Waals surface area contributed by atoms with Crippen LogP contribution in [-0.2, 0) is 14.3 Å². The van der Waals surface area contributed by atoms with Crippen LogP contribution in [0.25, 0.3) is 0 Å². The molecule has 0 heterocycles. The van der Waals surface area contributed by atoms with Crippen LogP contribution in [0.1, 0.15) is 39.0 Å². The van der Waals surface area contributed by atoms with Gasteiger partial charge in [0.2, 0.25) is 0 Å². The van der Waals surface area contributed by atoms with Gasteiger partial charge in [0.05, 0.1) is 13.2 Å². The van der Waals surface area contributed by atoms with Gasteiger partial charge in [-0.15, -0.1) is 0 Å². The lowest BCUT2D eigenvalue weighted by atomic mass is 9.48. The van der Waals surface area contributed by atoms with Crippen LogP contribution < -0.4 is 5.32 Å². The molecule has 0 unspecified atom stereocenters. The van der Waals surface area contributed by atoms with Gasteiger partial charge in [-0.05, 0) is 62.7 Å². The van der Waals surface area contributed by atoms with Crippen molar-refractivity contribution in [1.82, 2.24) is 5.32 Å². The third kappa shape index (κ3) is 2.17. The van der Waals surface area contributed by atoms with Gasteiger partial charge in [-0.1, -0.05) is 0 Å². The average molecular weight is 281 g/mol. The molecule has 114 valence electrons. The molecule has 4 heteroatoms. The van der Waals surface area contributed by atoms with Crippen LogP contribution in [0.3, 0.4) is 0 Å². The van der Waals surface area contributed by atoms with Gasteiger partial charge in [-0.25, -0.2) is 0 Å². The Morgan fingerprint density at radius 3 is 2.25 bits per heavy atom. The molecule has 4 bridgehead atoms. The van der Waals surface area contributed by atoms with Gasteiger partial charge < -0.3 is 9.47 Å². The first-order chi connectivity index (χ1) is 9.70. The third-order valence-electron chi connectivity index (χ3n) is 5.76. The van der Waals surface area contributed by atoms with Crippen molar-refractivity contribution in [3.05, 3.63) is 0 Å². The molecule has 4 fully saturated rings. The average Bonchev–Trinajstić information content (AvgIpc) is 2.41. The van der Waals surface area contributed by atoms with E-state index in [9.17, 15) is 4.79 Å².